The van der Waals surface area contributed by atoms with Gasteiger partial charge < -0.3 is 16.4 Å². The molecule has 6 nitrogen and oxygen atoms in total. The first-order valence-corrected chi connectivity index (χ1v) is 7.85. The van der Waals surface area contributed by atoms with Gasteiger partial charge in [-0.25, -0.2) is 4.98 Å². The number of nitrogens with zero attached hydrogens (tertiary/aromatic N) is 2. The zero-order valence-electron chi connectivity index (χ0n) is 12.6. The second kappa shape index (κ2) is 6.26. The fourth-order valence-corrected chi connectivity index (χ4v) is 2.83. The van der Waals surface area contributed by atoms with Gasteiger partial charge in [0.2, 0.25) is 11.9 Å². The van der Waals surface area contributed by atoms with Crippen molar-refractivity contribution in [1.29, 1.82) is 0 Å². The second-order valence-corrected chi connectivity index (χ2v) is 6.51. The molecular formula is C14H21N5OS. The van der Waals surface area contributed by atoms with Crippen molar-refractivity contribution in [3.05, 3.63) is 11.4 Å². The Hall–Kier alpha value is -1.89. The van der Waals surface area contributed by atoms with Crippen LogP contribution < -0.4 is 16.4 Å². The van der Waals surface area contributed by atoms with Crippen LogP contribution in [0.3, 0.4) is 0 Å². The van der Waals surface area contributed by atoms with Crippen molar-refractivity contribution in [2.45, 2.75) is 39.2 Å². The molecule has 0 fully saturated rings. The molecule has 2 aromatic rings. The average Bonchev–Trinajstić information content (AvgIpc) is 2.82. The normalized spacial score (nSPS) is 11.6. The summed E-state index contributed by atoms with van der Waals surface area (Å²) >= 11 is 1.57. The van der Waals surface area contributed by atoms with Crippen LogP contribution in [0.25, 0.3) is 10.2 Å². The summed E-state index contributed by atoms with van der Waals surface area (Å²) in [4.78, 5) is 21.1. The van der Waals surface area contributed by atoms with Crippen molar-refractivity contribution in [3.63, 3.8) is 0 Å². The summed E-state index contributed by atoms with van der Waals surface area (Å²) < 4.78 is 0. The van der Waals surface area contributed by atoms with Gasteiger partial charge in [-0.15, -0.1) is 11.3 Å². The number of fused-ring (bicyclic) bond motifs is 1. The van der Waals surface area contributed by atoms with Gasteiger partial charge in [0.15, 0.2) is 0 Å². The van der Waals surface area contributed by atoms with Crippen LogP contribution in [-0.2, 0) is 4.79 Å². The number of amides is 1. The third kappa shape index (κ3) is 4.04. The Morgan fingerprint density at radius 1 is 1.43 bits per heavy atom. The minimum Gasteiger partial charge on any atom is -0.370 e. The maximum atomic E-state index is 11.2. The number of nitrogens with one attached hydrogen (secondary N) is 2. The summed E-state index contributed by atoms with van der Waals surface area (Å²) in [5.74, 6) is 0.989. The minimum atomic E-state index is -0.461. The quantitative estimate of drug-likeness (QED) is 0.731. The van der Waals surface area contributed by atoms with Crippen LogP contribution in [0.1, 0.15) is 33.6 Å². The van der Waals surface area contributed by atoms with Gasteiger partial charge in [-0.05, 0) is 31.7 Å². The van der Waals surface area contributed by atoms with Crippen molar-refractivity contribution in [2.75, 3.05) is 17.2 Å². The Morgan fingerprint density at radius 3 is 2.86 bits per heavy atom. The van der Waals surface area contributed by atoms with E-state index in [4.69, 9.17) is 5.73 Å². The van der Waals surface area contributed by atoms with E-state index in [2.05, 4.69) is 27.5 Å². The first-order chi connectivity index (χ1) is 9.91. The molecule has 0 atom stereocenters. The number of hydrogen-bond acceptors (Lipinski definition) is 6. The van der Waals surface area contributed by atoms with Gasteiger partial charge in [-0.3, -0.25) is 4.79 Å². The van der Waals surface area contributed by atoms with Gasteiger partial charge in [-0.2, -0.15) is 4.98 Å². The molecule has 0 radical (unpaired) electrons. The number of carbonyl (C=O) groups excluding carboxylic acids is 1. The summed E-state index contributed by atoms with van der Waals surface area (Å²) in [5.41, 5.74) is 4.84. The largest absolute Gasteiger partial charge is 0.370 e. The van der Waals surface area contributed by atoms with Crippen LogP contribution in [0.2, 0.25) is 0 Å². The Bertz CT molecular complexity index is 637. The smallest absolute Gasteiger partial charge is 0.226 e. The summed E-state index contributed by atoms with van der Waals surface area (Å²) in [6.07, 6.45) is 1.24. The second-order valence-electron chi connectivity index (χ2n) is 5.61. The van der Waals surface area contributed by atoms with E-state index in [1.165, 1.54) is 0 Å². The minimum absolute atomic E-state index is 0.236. The summed E-state index contributed by atoms with van der Waals surface area (Å²) in [7, 11) is 0. The van der Waals surface area contributed by atoms with Crippen molar-refractivity contribution < 1.29 is 4.79 Å². The number of rotatable bonds is 7. The van der Waals surface area contributed by atoms with E-state index in [0.29, 0.717) is 5.95 Å². The lowest BCUT2D eigenvalue weighted by Gasteiger charge is -2.26. The maximum absolute atomic E-state index is 11.2. The van der Waals surface area contributed by atoms with Crippen LogP contribution in [0, 0.1) is 0 Å². The molecule has 0 bridgehead atoms. The van der Waals surface area contributed by atoms with E-state index in [-0.39, 0.29) is 12.3 Å². The Morgan fingerprint density at radius 2 is 2.19 bits per heavy atom. The average molecular weight is 307 g/mol. The molecule has 114 valence electrons. The monoisotopic (exact) mass is 307 g/mol. The van der Waals surface area contributed by atoms with Crippen molar-refractivity contribution in [2.24, 2.45) is 5.73 Å². The molecule has 0 aliphatic carbocycles. The summed E-state index contributed by atoms with van der Waals surface area (Å²) in [6, 6.07) is 1.98. The van der Waals surface area contributed by atoms with Crippen molar-refractivity contribution >= 4 is 39.2 Å². The van der Waals surface area contributed by atoms with Crippen LogP contribution in [0.15, 0.2) is 11.4 Å². The number of hydrogen-bond donors (Lipinski definition) is 3. The highest BCUT2D eigenvalue weighted by atomic mass is 32.1. The summed E-state index contributed by atoms with van der Waals surface area (Å²) in [5, 5.41) is 9.45. The van der Waals surface area contributed by atoms with Gasteiger partial charge in [0, 0.05) is 18.5 Å². The number of carbonyl (C=O) groups is 1. The molecule has 0 spiro atoms. The molecule has 21 heavy (non-hydrogen) atoms. The zero-order valence-corrected chi connectivity index (χ0v) is 13.4. The third-order valence-electron chi connectivity index (χ3n) is 2.93. The molecule has 0 aromatic carbocycles. The molecule has 0 saturated carbocycles. The molecule has 2 rings (SSSR count). The molecule has 0 unspecified atom stereocenters. The lowest BCUT2D eigenvalue weighted by Crippen LogP contribution is -2.36. The highest BCUT2D eigenvalue weighted by Crippen LogP contribution is 2.29. The molecule has 2 aromatic heterocycles. The number of nitrogens with two attached hydrogens (primary N) is 1. The topological polar surface area (TPSA) is 92.9 Å². The molecule has 7 heteroatoms. The van der Waals surface area contributed by atoms with Crippen LogP contribution in [-0.4, -0.2) is 28.0 Å². The van der Waals surface area contributed by atoms with Crippen molar-refractivity contribution in [3.8, 4) is 0 Å². The maximum Gasteiger partial charge on any atom is 0.226 e. The molecule has 4 N–H and O–H groups in total. The van der Waals surface area contributed by atoms with E-state index in [1.807, 2.05) is 25.3 Å². The number of anilines is 2. The van der Waals surface area contributed by atoms with Crippen LogP contribution in [0.4, 0.5) is 11.8 Å². The third-order valence-corrected chi connectivity index (χ3v) is 3.74. The molecular weight excluding hydrogens is 286 g/mol. The Kier molecular flexibility index (Phi) is 4.62. The van der Waals surface area contributed by atoms with Gasteiger partial charge >= 0.3 is 0 Å². The molecule has 2 heterocycles. The van der Waals surface area contributed by atoms with Gasteiger partial charge in [-0.1, -0.05) is 6.92 Å². The SMILES string of the molecule is CCCNc1nc(NC(C)(C)CC(N)=O)c2ccsc2n1. The van der Waals surface area contributed by atoms with E-state index in [9.17, 15) is 4.79 Å². The predicted molar refractivity (Wildman–Crippen MR) is 87.7 cm³/mol. The van der Waals surface area contributed by atoms with Gasteiger partial charge in [0.1, 0.15) is 10.6 Å². The molecule has 0 saturated heterocycles. The van der Waals surface area contributed by atoms with E-state index in [1.54, 1.807) is 11.3 Å². The Balaban J connectivity index is 2.32. The number of aromatic nitrogens is 2. The Labute approximate surface area is 128 Å². The molecule has 1 amide bonds. The fraction of sp³-hybridized carbons (Fsp3) is 0.500. The van der Waals surface area contributed by atoms with E-state index < -0.39 is 5.54 Å². The predicted octanol–water partition coefficient (Wildman–Crippen LogP) is 2.58. The lowest BCUT2D eigenvalue weighted by molar-refractivity contribution is -0.118. The van der Waals surface area contributed by atoms with E-state index in [0.717, 1.165) is 29.0 Å². The molecule has 0 aliphatic rings. The van der Waals surface area contributed by atoms with Crippen LogP contribution in [0.5, 0.6) is 0 Å². The van der Waals surface area contributed by atoms with E-state index >= 15 is 0 Å². The lowest BCUT2D eigenvalue weighted by atomic mass is 10.0. The zero-order chi connectivity index (χ0) is 15.5. The van der Waals surface area contributed by atoms with Crippen molar-refractivity contribution in [1.82, 2.24) is 9.97 Å². The number of thiophene rings is 1. The van der Waals surface area contributed by atoms with Crippen LogP contribution >= 0.6 is 11.3 Å². The highest BCUT2D eigenvalue weighted by Gasteiger charge is 2.22. The first-order valence-electron chi connectivity index (χ1n) is 6.97. The first kappa shape index (κ1) is 15.5. The van der Waals surface area contributed by atoms with Gasteiger partial charge in [0.05, 0.1) is 5.39 Å². The highest BCUT2D eigenvalue weighted by molar-refractivity contribution is 7.16. The number of primary amides is 1. The standard InChI is InChI=1S/C14H21N5OS/c1-4-6-16-13-17-11(9-5-7-21-12(9)18-13)19-14(2,3)8-10(15)20/h5,7H,4,6,8H2,1-3H3,(H2,15,20)(H2,16,17,18,19). The van der Waals surface area contributed by atoms with Gasteiger partial charge in [0.25, 0.3) is 0 Å². The fourth-order valence-electron chi connectivity index (χ4n) is 2.07. The molecule has 0 aliphatic heterocycles. The summed E-state index contributed by atoms with van der Waals surface area (Å²) in [6.45, 7) is 6.77.